The van der Waals surface area contributed by atoms with Crippen LogP contribution in [-0.2, 0) is 0 Å². The fourth-order valence-electron chi connectivity index (χ4n) is 2.74. The summed E-state index contributed by atoms with van der Waals surface area (Å²) in [4.78, 5) is 6.84. The van der Waals surface area contributed by atoms with Crippen LogP contribution in [0.5, 0.6) is 5.88 Å². The van der Waals surface area contributed by atoms with Crippen molar-refractivity contribution in [3.05, 3.63) is 18.3 Å². The first-order chi connectivity index (χ1) is 8.93. The zero-order valence-electron chi connectivity index (χ0n) is 10.8. The van der Waals surface area contributed by atoms with Crippen LogP contribution < -0.4 is 15.0 Å². The molecule has 98 valence electrons. The molecule has 1 N–H and O–H groups in total. The Morgan fingerprint density at radius 3 is 2.94 bits per heavy atom. The van der Waals surface area contributed by atoms with E-state index in [0.717, 1.165) is 38.5 Å². The SMILES string of the molecule is c1cnc(OC2CCNC2)c(N2CCCCC2)c1. The number of nitrogens with one attached hydrogen (secondary N) is 1. The van der Waals surface area contributed by atoms with Crippen molar-refractivity contribution in [3.8, 4) is 5.88 Å². The van der Waals surface area contributed by atoms with Crippen molar-refractivity contribution in [1.82, 2.24) is 10.3 Å². The highest BCUT2D eigenvalue weighted by atomic mass is 16.5. The van der Waals surface area contributed by atoms with Crippen molar-refractivity contribution < 1.29 is 4.74 Å². The number of rotatable bonds is 3. The summed E-state index contributed by atoms with van der Waals surface area (Å²) in [6, 6.07) is 4.14. The number of aromatic nitrogens is 1. The third-order valence-corrected chi connectivity index (χ3v) is 3.74. The van der Waals surface area contributed by atoms with Crippen LogP contribution in [0.2, 0.25) is 0 Å². The molecular formula is C14H21N3O. The van der Waals surface area contributed by atoms with Crippen LogP contribution >= 0.6 is 0 Å². The van der Waals surface area contributed by atoms with Crippen LogP contribution in [0, 0.1) is 0 Å². The lowest BCUT2D eigenvalue weighted by molar-refractivity contribution is 0.214. The predicted molar refractivity (Wildman–Crippen MR) is 72.2 cm³/mol. The molecule has 1 unspecified atom stereocenters. The molecule has 3 heterocycles. The standard InChI is InChI=1S/C14H21N3O/c1-2-9-17(10-3-1)13-5-4-7-16-14(13)18-12-6-8-15-11-12/h4-5,7,12,15H,1-3,6,8-11H2. The van der Waals surface area contributed by atoms with Gasteiger partial charge in [0.1, 0.15) is 6.10 Å². The molecule has 1 aromatic rings. The molecule has 0 saturated carbocycles. The molecule has 2 saturated heterocycles. The van der Waals surface area contributed by atoms with E-state index in [9.17, 15) is 0 Å². The second kappa shape index (κ2) is 5.57. The second-order valence-electron chi connectivity index (χ2n) is 5.11. The van der Waals surface area contributed by atoms with Crippen molar-refractivity contribution in [2.75, 3.05) is 31.1 Å². The van der Waals surface area contributed by atoms with Crippen molar-refractivity contribution in [2.24, 2.45) is 0 Å². The Bertz CT molecular complexity index is 384. The Kier molecular flexibility index (Phi) is 3.64. The summed E-state index contributed by atoms with van der Waals surface area (Å²) in [7, 11) is 0. The number of piperidine rings is 1. The lowest BCUT2D eigenvalue weighted by atomic mass is 10.1. The average Bonchev–Trinajstić information content (AvgIpc) is 2.93. The van der Waals surface area contributed by atoms with Gasteiger partial charge in [-0.2, -0.15) is 0 Å². The monoisotopic (exact) mass is 247 g/mol. The first kappa shape index (κ1) is 11.8. The second-order valence-corrected chi connectivity index (χ2v) is 5.11. The number of ether oxygens (including phenoxy) is 1. The first-order valence-corrected chi connectivity index (χ1v) is 7.01. The van der Waals surface area contributed by atoms with Crippen LogP contribution in [0.4, 0.5) is 5.69 Å². The summed E-state index contributed by atoms with van der Waals surface area (Å²) >= 11 is 0. The Labute approximate surface area is 108 Å². The maximum Gasteiger partial charge on any atom is 0.237 e. The highest BCUT2D eigenvalue weighted by Crippen LogP contribution is 2.29. The van der Waals surface area contributed by atoms with E-state index in [0.29, 0.717) is 0 Å². The normalized spacial score (nSPS) is 24.2. The number of hydrogen-bond donors (Lipinski definition) is 1. The fraction of sp³-hybridized carbons (Fsp3) is 0.643. The largest absolute Gasteiger partial charge is 0.471 e. The zero-order chi connectivity index (χ0) is 12.2. The summed E-state index contributed by atoms with van der Waals surface area (Å²) in [5, 5.41) is 3.33. The zero-order valence-corrected chi connectivity index (χ0v) is 10.8. The van der Waals surface area contributed by atoms with Crippen LogP contribution in [-0.4, -0.2) is 37.3 Å². The van der Waals surface area contributed by atoms with Gasteiger partial charge in [0.15, 0.2) is 0 Å². The van der Waals surface area contributed by atoms with Crippen LogP contribution in [0.1, 0.15) is 25.7 Å². The molecule has 2 aliphatic rings. The molecule has 2 fully saturated rings. The van der Waals surface area contributed by atoms with Crippen LogP contribution in [0.15, 0.2) is 18.3 Å². The Morgan fingerprint density at radius 1 is 1.28 bits per heavy atom. The highest BCUT2D eigenvalue weighted by Gasteiger charge is 2.21. The number of pyridine rings is 1. The topological polar surface area (TPSA) is 37.4 Å². The van der Waals surface area contributed by atoms with Gasteiger partial charge in [0.05, 0.1) is 5.69 Å². The summed E-state index contributed by atoms with van der Waals surface area (Å²) in [6.45, 7) is 4.25. The number of nitrogens with zero attached hydrogens (tertiary/aromatic N) is 2. The molecule has 0 aliphatic carbocycles. The van der Waals surface area contributed by atoms with E-state index in [-0.39, 0.29) is 6.10 Å². The molecule has 0 spiro atoms. The van der Waals surface area contributed by atoms with E-state index in [1.165, 1.54) is 24.9 Å². The number of hydrogen-bond acceptors (Lipinski definition) is 4. The van der Waals surface area contributed by atoms with Gasteiger partial charge in [-0.15, -0.1) is 0 Å². The fourth-order valence-corrected chi connectivity index (χ4v) is 2.74. The van der Waals surface area contributed by atoms with Crippen molar-refractivity contribution in [2.45, 2.75) is 31.8 Å². The lowest BCUT2D eigenvalue weighted by Gasteiger charge is -2.30. The van der Waals surface area contributed by atoms with E-state index >= 15 is 0 Å². The minimum Gasteiger partial charge on any atom is -0.471 e. The van der Waals surface area contributed by atoms with E-state index < -0.39 is 0 Å². The summed E-state index contributed by atoms with van der Waals surface area (Å²) in [5.74, 6) is 0.813. The maximum absolute atomic E-state index is 6.04. The minimum atomic E-state index is 0.281. The van der Waals surface area contributed by atoms with Crippen LogP contribution in [0.3, 0.4) is 0 Å². The van der Waals surface area contributed by atoms with Crippen molar-refractivity contribution in [1.29, 1.82) is 0 Å². The quantitative estimate of drug-likeness (QED) is 0.884. The van der Waals surface area contributed by atoms with Gasteiger partial charge in [0.25, 0.3) is 0 Å². The molecule has 3 rings (SSSR count). The van der Waals surface area contributed by atoms with Crippen LogP contribution in [0.25, 0.3) is 0 Å². The van der Waals surface area contributed by atoms with Gasteiger partial charge in [-0.25, -0.2) is 4.98 Å². The Balaban J connectivity index is 1.75. The highest BCUT2D eigenvalue weighted by molar-refractivity contribution is 5.55. The average molecular weight is 247 g/mol. The molecule has 1 atom stereocenters. The Morgan fingerprint density at radius 2 is 2.17 bits per heavy atom. The molecular weight excluding hydrogens is 226 g/mol. The summed E-state index contributed by atoms with van der Waals surface area (Å²) in [6.07, 6.45) is 7.09. The van der Waals surface area contributed by atoms with Crippen molar-refractivity contribution in [3.63, 3.8) is 0 Å². The smallest absolute Gasteiger partial charge is 0.237 e. The molecule has 0 radical (unpaired) electrons. The minimum absolute atomic E-state index is 0.281. The van der Waals surface area contributed by atoms with Crippen molar-refractivity contribution >= 4 is 5.69 Å². The molecule has 4 nitrogen and oxygen atoms in total. The van der Waals surface area contributed by atoms with Gasteiger partial charge in [0.2, 0.25) is 5.88 Å². The van der Waals surface area contributed by atoms with E-state index in [1.807, 2.05) is 12.3 Å². The third kappa shape index (κ3) is 2.58. The van der Waals surface area contributed by atoms with Gasteiger partial charge in [0, 0.05) is 25.8 Å². The molecule has 2 aliphatic heterocycles. The van der Waals surface area contributed by atoms with E-state index in [1.54, 1.807) is 0 Å². The maximum atomic E-state index is 6.04. The number of anilines is 1. The lowest BCUT2D eigenvalue weighted by Crippen LogP contribution is -2.30. The summed E-state index contributed by atoms with van der Waals surface area (Å²) < 4.78 is 6.04. The third-order valence-electron chi connectivity index (χ3n) is 3.74. The molecule has 0 bridgehead atoms. The molecule has 0 aromatic carbocycles. The van der Waals surface area contributed by atoms with E-state index in [4.69, 9.17) is 4.74 Å². The molecule has 18 heavy (non-hydrogen) atoms. The molecule has 4 heteroatoms. The first-order valence-electron chi connectivity index (χ1n) is 7.01. The Hall–Kier alpha value is -1.29. The summed E-state index contributed by atoms with van der Waals surface area (Å²) in [5.41, 5.74) is 1.17. The molecule has 1 aromatic heterocycles. The molecule has 0 amide bonds. The van der Waals surface area contributed by atoms with E-state index in [2.05, 4.69) is 21.3 Å². The van der Waals surface area contributed by atoms with Gasteiger partial charge < -0.3 is 15.0 Å². The van der Waals surface area contributed by atoms with Gasteiger partial charge in [-0.05, 0) is 44.4 Å². The van der Waals surface area contributed by atoms with Gasteiger partial charge >= 0.3 is 0 Å². The van der Waals surface area contributed by atoms with Gasteiger partial charge in [-0.1, -0.05) is 0 Å². The predicted octanol–water partition coefficient (Wildman–Crippen LogP) is 1.81. The van der Waals surface area contributed by atoms with Gasteiger partial charge in [-0.3, -0.25) is 0 Å².